The van der Waals surface area contributed by atoms with Crippen molar-refractivity contribution >= 4 is 0 Å². The lowest BCUT2D eigenvalue weighted by atomic mass is 10.0. The van der Waals surface area contributed by atoms with Gasteiger partial charge in [-0.3, -0.25) is 0 Å². The van der Waals surface area contributed by atoms with Gasteiger partial charge < -0.3 is 18.9 Å². The normalized spacial score (nSPS) is 36.6. The summed E-state index contributed by atoms with van der Waals surface area (Å²) in [5.41, 5.74) is 1.07. The molecule has 1 saturated heterocycles. The second-order valence-corrected chi connectivity index (χ2v) is 4.63. The molecule has 100 valence electrons. The maximum atomic E-state index is 6.04. The van der Waals surface area contributed by atoms with Crippen molar-refractivity contribution in [3.63, 3.8) is 0 Å². The highest BCUT2D eigenvalue weighted by Crippen LogP contribution is 2.40. The summed E-state index contributed by atoms with van der Waals surface area (Å²) in [4.78, 5) is 0. The molecule has 1 heterocycles. The van der Waals surface area contributed by atoms with Crippen molar-refractivity contribution in [1.82, 2.24) is 0 Å². The summed E-state index contributed by atoms with van der Waals surface area (Å²) in [6.07, 6.45) is -0.153. The van der Waals surface area contributed by atoms with Crippen molar-refractivity contribution < 1.29 is 18.9 Å². The zero-order valence-corrected chi connectivity index (χ0v) is 11.3. The Morgan fingerprint density at radius 1 is 1.06 bits per heavy atom. The lowest BCUT2D eigenvalue weighted by Crippen LogP contribution is -2.60. The van der Waals surface area contributed by atoms with E-state index in [0.29, 0.717) is 6.61 Å². The van der Waals surface area contributed by atoms with Gasteiger partial charge in [-0.05, 0) is 19.4 Å². The van der Waals surface area contributed by atoms with Crippen molar-refractivity contribution in [3.05, 3.63) is 35.9 Å². The standard InChI is InChI=1S/C14H20O4/c1-13(15-3)14(2,16-4)18-12(10-17-13)11-8-6-5-7-9-11/h5-9,12H,10H2,1-4H3/t12-,13-,14-/m1/s1. The summed E-state index contributed by atoms with van der Waals surface area (Å²) in [6, 6.07) is 9.96. The van der Waals surface area contributed by atoms with Gasteiger partial charge in [0.15, 0.2) is 0 Å². The number of hydrogen-bond acceptors (Lipinski definition) is 4. The van der Waals surface area contributed by atoms with Gasteiger partial charge in [0.05, 0.1) is 6.61 Å². The molecule has 1 aliphatic heterocycles. The third-order valence-electron chi connectivity index (χ3n) is 3.65. The van der Waals surface area contributed by atoms with Gasteiger partial charge in [0.2, 0.25) is 11.6 Å². The molecule has 3 atom stereocenters. The minimum atomic E-state index is -0.944. The molecule has 4 heteroatoms. The summed E-state index contributed by atoms with van der Waals surface area (Å²) in [5, 5.41) is 0. The third-order valence-corrected chi connectivity index (χ3v) is 3.65. The average molecular weight is 252 g/mol. The van der Waals surface area contributed by atoms with Gasteiger partial charge in [-0.1, -0.05) is 30.3 Å². The van der Waals surface area contributed by atoms with E-state index in [9.17, 15) is 0 Å². The van der Waals surface area contributed by atoms with E-state index in [-0.39, 0.29) is 6.10 Å². The first kappa shape index (κ1) is 13.5. The topological polar surface area (TPSA) is 36.9 Å². The summed E-state index contributed by atoms with van der Waals surface area (Å²) < 4.78 is 22.7. The van der Waals surface area contributed by atoms with Gasteiger partial charge in [-0.25, -0.2) is 0 Å². The van der Waals surface area contributed by atoms with Crippen LogP contribution in [0, 0.1) is 0 Å². The molecule has 0 aromatic heterocycles. The first-order valence-electron chi connectivity index (χ1n) is 6.01. The zero-order valence-electron chi connectivity index (χ0n) is 11.3. The number of ether oxygens (including phenoxy) is 4. The molecule has 0 N–H and O–H groups in total. The molecular formula is C14H20O4. The van der Waals surface area contributed by atoms with Crippen LogP contribution in [0.4, 0.5) is 0 Å². The highest BCUT2D eigenvalue weighted by atomic mass is 16.8. The molecule has 0 unspecified atom stereocenters. The average Bonchev–Trinajstić information content (AvgIpc) is 2.43. The number of benzene rings is 1. The maximum Gasteiger partial charge on any atom is 0.220 e. The number of hydrogen-bond donors (Lipinski definition) is 0. The Kier molecular flexibility index (Phi) is 3.73. The quantitative estimate of drug-likeness (QED) is 0.828. The molecule has 2 rings (SSSR count). The molecule has 0 aliphatic carbocycles. The second kappa shape index (κ2) is 4.97. The van der Waals surface area contributed by atoms with Crippen LogP contribution >= 0.6 is 0 Å². The predicted molar refractivity (Wildman–Crippen MR) is 67.0 cm³/mol. The van der Waals surface area contributed by atoms with Crippen molar-refractivity contribution in [2.45, 2.75) is 31.5 Å². The molecule has 1 aromatic rings. The fourth-order valence-electron chi connectivity index (χ4n) is 2.09. The van der Waals surface area contributed by atoms with Crippen molar-refractivity contribution in [2.24, 2.45) is 0 Å². The molecule has 4 nitrogen and oxygen atoms in total. The van der Waals surface area contributed by atoms with E-state index >= 15 is 0 Å². The Balaban J connectivity index is 2.22. The van der Waals surface area contributed by atoms with E-state index in [1.807, 2.05) is 44.2 Å². The Morgan fingerprint density at radius 2 is 1.67 bits per heavy atom. The van der Waals surface area contributed by atoms with E-state index in [2.05, 4.69) is 0 Å². The Morgan fingerprint density at radius 3 is 2.22 bits per heavy atom. The molecule has 0 saturated carbocycles. The lowest BCUT2D eigenvalue weighted by molar-refractivity contribution is -0.433. The van der Waals surface area contributed by atoms with Gasteiger partial charge >= 0.3 is 0 Å². The van der Waals surface area contributed by atoms with Crippen LogP contribution in [-0.4, -0.2) is 32.4 Å². The highest BCUT2D eigenvalue weighted by molar-refractivity contribution is 5.18. The minimum absolute atomic E-state index is 0.153. The maximum absolute atomic E-state index is 6.04. The van der Waals surface area contributed by atoms with E-state index in [1.54, 1.807) is 14.2 Å². The first-order valence-corrected chi connectivity index (χ1v) is 6.01. The van der Waals surface area contributed by atoms with Gasteiger partial charge in [0, 0.05) is 14.2 Å². The zero-order chi connectivity index (χ0) is 13.2. The fraction of sp³-hybridized carbons (Fsp3) is 0.571. The van der Waals surface area contributed by atoms with Crippen LogP contribution < -0.4 is 0 Å². The van der Waals surface area contributed by atoms with Crippen LogP contribution in [0.2, 0.25) is 0 Å². The summed E-state index contributed by atoms with van der Waals surface area (Å²) in [7, 11) is 3.18. The van der Waals surface area contributed by atoms with E-state index in [0.717, 1.165) is 5.56 Å². The van der Waals surface area contributed by atoms with Crippen LogP contribution in [-0.2, 0) is 18.9 Å². The minimum Gasteiger partial charge on any atom is -0.349 e. The van der Waals surface area contributed by atoms with Gasteiger partial charge in [0.1, 0.15) is 6.10 Å². The van der Waals surface area contributed by atoms with Crippen LogP contribution in [0.25, 0.3) is 0 Å². The molecule has 1 aromatic carbocycles. The molecular weight excluding hydrogens is 232 g/mol. The van der Waals surface area contributed by atoms with Gasteiger partial charge in [-0.2, -0.15) is 0 Å². The molecule has 0 spiro atoms. The third kappa shape index (κ3) is 2.17. The van der Waals surface area contributed by atoms with Crippen LogP contribution in [0.3, 0.4) is 0 Å². The molecule has 18 heavy (non-hydrogen) atoms. The molecule has 0 bridgehead atoms. The van der Waals surface area contributed by atoms with Crippen LogP contribution in [0.15, 0.2) is 30.3 Å². The second-order valence-electron chi connectivity index (χ2n) is 4.63. The van der Waals surface area contributed by atoms with Gasteiger partial charge in [0.25, 0.3) is 0 Å². The monoisotopic (exact) mass is 252 g/mol. The first-order chi connectivity index (χ1) is 8.54. The van der Waals surface area contributed by atoms with E-state index < -0.39 is 11.6 Å². The molecule has 0 radical (unpaired) electrons. The van der Waals surface area contributed by atoms with Crippen LogP contribution in [0.1, 0.15) is 25.5 Å². The van der Waals surface area contributed by atoms with E-state index in [1.165, 1.54) is 0 Å². The Bertz CT molecular complexity index is 394. The summed E-state index contributed by atoms with van der Waals surface area (Å²) >= 11 is 0. The van der Waals surface area contributed by atoms with E-state index in [4.69, 9.17) is 18.9 Å². The molecule has 0 amide bonds. The van der Waals surface area contributed by atoms with Crippen molar-refractivity contribution in [2.75, 3.05) is 20.8 Å². The Labute approximate surface area is 108 Å². The Hall–Kier alpha value is -0.940. The summed E-state index contributed by atoms with van der Waals surface area (Å²) in [5.74, 6) is -1.85. The highest BCUT2D eigenvalue weighted by Gasteiger charge is 2.53. The lowest BCUT2D eigenvalue weighted by Gasteiger charge is -2.49. The van der Waals surface area contributed by atoms with Crippen molar-refractivity contribution in [3.8, 4) is 0 Å². The number of methoxy groups -OCH3 is 2. The summed E-state index contributed by atoms with van der Waals surface area (Å²) in [6.45, 7) is 4.08. The fourth-order valence-corrected chi connectivity index (χ4v) is 2.09. The van der Waals surface area contributed by atoms with Crippen LogP contribution in [0.5, 0.6) is 0 Å². The van der Waals surface area contributed by atoms with Crippen molar-refractivity contribution in [1.29, 1.82) is 0 Å². The smallest absolute Gasteiger partial charge is 0.220 e. The van der Waals surface area contributed by atoms with Gasteiger partial charge in [-0.15, -0.1) is 0 Å². The predicted octanol–water partition coefficient (Wildman–Crippen LogP) is 2.50. The molecule has 1 fully saturated rings. The SMILES string of the molecule is CO[C@]1(C)OC[C@H](c2ccccc2)O[C@@]1(C)OC. The largest absolute Gasteiger partial charge is 0.349 e. The number of rotatable bonds is 3. The molecule has 1 aliphatic rings.